The van der Waals surface area contributed by atoms with E-state index in [1.165, 1.54) is 21.1 Å². The van der Waals surface area contributed by atoms with Crippen LogP contribution in [-0.2, 0) is 9.59 Å². The minimum atomic E-state index is -0.438. The highest BCUT2D eigenvalue weighted by atomic mass is 79.9. The van der Waals surface area contributed by atoms with E-state index in [0.29, 0.717) is 17.3 Å². The molecule has 128 valence electrons. The number of nitrogens with zero attached hydrogens (tertiary/aromatic N) is 2. The van der Waals surface area contributed by atoms with Crippen LogP contribution >= 0.6 is 51.1 Å². The summed E-state index contributed by atoms with van der Waals surface area (Å²) in [5.74, 6) is -0.821. The Morgan fingerprint density at radius 3 is 2.40 bits per heavy atom. The van der Waals surface area contributed by atoms with Crippen molar-refractivity contribution in [2.75, 3.05) is 11.4 Å². The summed E-state index contributed by atoms with van der Waals surface area (Å²) in [5.41, 5.74) is 0.656. The number of hydrogen-bond acceptors (Lipinski definition) is 4. The van der Waals surface area contributed by atoms with Crippen LogP contribution < -0.4 is 4.90 Å². The normalized spacial score (nSPS) is 16.9. The molecule has 0 bridgehead atoms. The number of benzene rings is 1. The number of anilines is 1. The molecule has 8 heteroatoms. The lowest BCUT2D eigenvalue weighted by atomic mass is 10.1. The lowest BCUT2D eigenvalue weighted by Gasteiger charge is -2.36. The van der Waals surface area contributed by atoms with Gasteiger partial charge in [0, 0.05) is 16.4 Å². The van der Waals surface area contributed by atoms with Crippen LogP contribution in [0.3, 0.4) is 0 Å². The van der Waals surface area contributed by atoms with E-state index in [0.717, 1.165) is 8.66 Å². The molecule has 1 aliphatic heterocycles. The Kier molecular flexibility index (Phi) is 5.38. The van der Waals surface area contributed by atoms with Crippen LogP contribution in [0, 0.1) is 0 Å². The van der Waals surface area contributed by atoms with E-state index in [1.54, 1.807) is 30.3 Å². The lowest BCUT2D eigenvalue weighted by Crippen LogP contribution is -2.56. The van der Waals surface area contributed by atoms with Crippen molar-refractivity contribution < 1.29 is 9.59 Å². The third-order valence-corrected chi connectivity index (χ3v) is 5.84. The zero-order valence-electron chi connectivity index (χ0n) is 13.0. The Morgan fingerprint density at radius 1 is 1.16 bits per heavy atom. The average molecular weight is 456 g/mol. The molecule has 0 radical (unpaired) electrons. The maximum absolute atomic E-state index is 13.0. The van der Waals surface area contributed by atoms with Crippen molar-refractivity contribution in [2.45, 2.75) is 6.92 Å². The molecule has 3 rings (SSSR count). The Bertz CT molecular complexity index is 892. The van der Waals surface area contributed by atoms with E-state index in [2.05, 4.69) is 15.9 Å². The van der Waals surface area contributed by atoms with Crippen LogP contribution in [-0.4, -0.2) is 28.4 Å². The van der Waals surface area contributed by atoms with Crippen LogP contribution in [0.4, 0.5) is 5.69 Å². The third kappa shape index (κ3) is 3.55. The SMILES string of the molecule is CCN1C(=O)/C(=C\c2ccc(Br)s2)C(=O)N(c2ccc(Cl)cc2)C1=S. The summed E-state index contributed by atoms with van der Waals surface area (Å²) >= 11 is 16.1. The molecule has 4 nitrogen and oxygen atoms in total. The molecule has 0 N–H and O–H groups in total. The first-order valence-corrected chi connectivity index (χ1v) is 9.75. The Balaban J connectivity index is 2.08. The monoisotopic (exact) mass is 454 g/mol. The fourth-order valence-electron chi connectivity index (χ4n) is 2.42. The van der Waals surface area contributed by atoms with E-state index >= 15 is 0 Å². The molecule has 2 heterocycles. The second kappa shape index (κ2) is 7.37. The molecule has 1 fully saturated rings. The van der Waals surface area contributed by atoms with Crippen molar-refractivity contribution in [2.24, 2.45) is 0 Å². The van der Waals surface area contributed by atoms with Crippen molar-refractivity contribution in [1.29, 1.82) is 0 Å². The van der Waals surface area contributed by atoms with Gasteiger partial charge in [-0.2, -0.15) is 0 Å². The number of rotatable bonds is 3. The highest BCUT2D eigenvalue weighted by molar-refractivity contribution is 9.11. The standard InChI is InChI=1S/C17H12BrClN2O2S2/c1-2-20-15(22)13(9-12-7-8-14(18)25-12)16(23)21(17(20)24)11-5-3-10(19)4-6-11/h3-9H,2H2,1H3/b13-9+. The van der Waals surface area contributed by atoms with E-state index in [1.807, 2.05) is 19.1 Å². The quantitative estimate of drug-likeness (QED) is 0.382. The zero-order chi connectivity index (χ0) is 18.1. The number of amides is 2. The smallest absolute Gasteiger partial charge is 0.270 e. The lowest BCUT2D eigenvalue weighted by molar-refractivity contribution is -0.127. The maximum atomic E-state index is 13.0. The van der Waals surface area contributed by atoms with E-state index in [4.69, 9.17) is 23.8 Å². The van der Waals surface area contributed by atoms with E-state index < -0.39 is 5.91 Å². The Labute approximate surface area is 167 Å². The number of hydrogen-bond donors (Lipinski definition) is 0. The average Bonchev–Trinajstić information content (AvgIpc) is 2.99. The predicted octanol–water partition coefficient (Wildman–Crippen LogP) is 4.73. The summed E-state index contributed by atoms with van der Waals surface area (Å²) in [5, 5.41) is 0.728. The first-order valence-electron chi connectivity index (χ1n) is 7.35. The van der Waals surface area contributed by atoms with Gasteiger partial charge in [0.1, 0.15) is 5.57 Å². The second-order valence-electron chi connectivity index (χ2n) is 5.15. The first kappa shape index (κ1) is 18.3. The van der Waals surface area contributed by atoms with Crippen molar-refractivity contribution in [3.8, 4) is 0 Å². The number of halogens is 2. The summed E-state index contributed by atoms with van der Waals surface area (Å²) in [7, 11) is 0. The summed E-state index contributed by atoms with van der Waals surface area (Å²) in [4.78, 5) is 29.3. The van der Waals surface area contributed by atoms with Gasteiger partial charge in [-0.25, -0.2) is 0 Å². The van der Waals surface area contributed by atoms with Crippen LogP contribution in [0.2, 0.25) is 5.02 Å². The Hall–Kier alpha value is -1.54. The summed E-state index contributed by atoms with van der Waals surface area (Å²) < 4.78 is 0.924. The van der Waals surface area contributed by atoms with Gasteiger partial charge in [0.05, 0.1) is 9.47 Å². The molecular weight excluding hydrogens is 444 g/mol. The predicted molar refractivity (Wildman–Crippen MR) is 109 cm³/mol. The number of carbonyl (C=O) groups excluding carboxylic acids is 2. The molecular formula is C17H12BrClN2O2S2. The van der Waals surface area contributed by atoms with Gasteiger partial charge < -0.3 is 0 Å². The summed E-state index contributed by atoms with van der Waals surface area (Å²) in [6.07, 6.45) is 1.60. The third-order valence-electron chi connectivity index (χ3n) is 3.61. The highest BCUT2D eigenvalue weighted by Gasteiger charge is 2.39. The van der Waals surface area contributed by atoms with Gasteiger partial charge in [-0.05, 0) is 77.5 Å². The van der Waals surface area contributed by atoms with Crippen LogP contribution in [0.1, 0.15) is 11.8 Å². The molecule has 0 aliphatic carbocycles. The van der Waals surface area contributed by atoms with Gasteiger partial charge in [-0.3, -0.25) is 19.4 Å². The fraction of sp³-hybridized carbons (Fsp3) is 0.118. The minimum absolute atomic E-state index is 0.0831. The summed E-state index contributed by atoms with van der Waals surface area (Å²) in [6.45, 7) is 2.19. The van der Waals surface area contributed by atoms with Gasteiger partial charge in [0.15, 0.2) is 5.11 Å². The maximum Gasteiger partial charge on any atom is 0.270 e. The van der Waals surface area contributed by atoms with Gasteiger partial charge in [-0.15, -0.1) is 11.3 Å². The molecule has 0 atom stereocenters. The van der Waals surface area contributed by atoms with Crippen LogP contribution in [0.5, 0.6) is 0 Å². The molecule has 0 saturated carbocycles. The van der Waals surface area contributed by atoms with Gasteiger partial charge >= 0.3 is 0 Å². The topological polar surface area (TPSA) is 40.6 Å². The highest BCUT2D eigenvalue weighted by Crippen LogP contribution is 2.29. The Morgan fingerprint density at radius 2 is 1.84 bits per heavy atom. The van der Waals surface area contributed by atoms with Crippen LogP contribution in [0.15, 0.2) is 45.8 Å². The molecule has 1 aromatic heterocycles. The molecule has 2 aromatic rings. The molecule has 1 aliphatic rings. The van der Waals surface area contributed by atoms with Gasteiger partial charge in [0.2, 0.25) is 0 Å². The molecule has 0 spiro atoms. The van der Waals surface area contributed by atoms with E-state index in [-0.39, 0.29) is 16.6 Å². The number of carbonyl (C=O) groups is 2. The number of thiophene rings is 1. The van der Waals surface area contributed by atoms with Crippen LogP contribution in [0.25, 0.3) is 6.08 Å². The van der Waals surface area contributed by atoms with Crippen molar-refractivity contribution >= 4 is 79.8 Å². The number of likely N-dealkylation sites (N-methyl/N-ethyl adjacent to an activating group) is 1. The van der Waals surface area contributed by atoms with Gasteiger partial charge in [0.25, 0.3) is 11.8 Å². The van der Waals surface area contributed by atoms with Crippen molar-refractivity contribution in [3.05, 3.63) is 55.7 Å². The number of thiocarbonyl (C=S) groups is 1. The van der Waals surface area contributed by atoms with Crippen molar-refractivity contribution in [3.63, 3.8) is 0 Å². The minimum Gasteiger partial charge on any atom is -0.285 e. The molecule has 1 saturated heterocycles. The fourth-order valence-corrected chi connectivity index (χ4v) is 4.31. The second-order valence-corrected chi connectivity index (χ2v) is 8.45. The molecule has 1 aromatic carbocycles. The molecule has 0 unspecified atom stereocenters. The molecule has 25 heavy (non-hydrogen) atoms. The zero-order valence-corrected chi connectivity index (χ0v) is 17.0. The van der Waals surface area contributed by atoms with Crippen molar-refractivity contribution in [1.82, 2.24) is 4.90 Å². The largest absolute Gasteiger partial charge is 0.285 e. The molecule has 2 amide bonds. The summed E-state index contributed by atoms with van der Waals surface area (Å²) in [6, 6.07) is 10.5. The van der Waals surface area contributed by atoms with E-state index in [9.17, 15) is 9.59 Å². The first-order chi connectivity index (χ1) is 11.9. The van der Waals surface area contributed by atoms with Gasteiger partial charge in [-0.1, -0.05) is 11.6 Å².